The normalized spacial score (nSPS) is 17.9. The fraction of sp³-hybridized carbons (Fsp3) is 0.333. The van der Waals surface area contributed by atoms with E-state index >= 15 is 0 Å². The van der Waals surface area contributed by atoms with Gasteiger partial charge in [-0.1, -0.05) is 23.7 Å². The van der Waals surface area contributed by atoms with Gasteiger partial charge in [0.15, 0.2) is 0 Å². The van der Waals surface area contributed by atoms with Crippen molar-refractivity contribution >= 4 is 33.6 Å². The van der Waals surface area contributed by atoms with E-state index < -0.39 is 27.4 Å². The highest BCUT2D eigenvalue weighted by Gasteiger charge is 2.44. The molecule has 1 aliphatic rings. The lowest BCUT2D eigenvalue weighted by Crippen LogP contribution is -2.44. The Morgan fingerprint density at radius 1 is 1.38 bits per heavy atom. The molecule has 1 aromatic carbocycles. The van der Waals surface area contributed by atoms with Gasteiger partial charge in [-0.25, -0.2) is 17.9 Å². The van der Waals surface area contributed by atoms with Gasteiger partial charge in [-0.3, -0.25) is 9.63 Å². The number of nitrogens with one attached hydrogen (secondary N) is 1. The van der Waals surface area contributed by atoms with E-state index in [1.807, 2.05) is 0 Å². The largest absolute Gasteiger partial charge is 0.362 e. The zero-order valence-corrected chi connectivity index (χ0v) is 12.9. The predicted molar refractivity (Wildman–Crippen MR) is 73.7 cm³/mol. The number of imide groups is 1. The van der Waals surface area contributed by atoms with Gasteiger partial charge >= 0.3 is 6.03 Å². The summed E-state index contributed by atoms with van der Waals surface area (Å²) in [4.78, 5) is 28.4. The smallest absolute Gasteiger partial charge is 0.271 e. The van der Waals surface area contributed by atoms with Crippen LogP contribution in [0.1, 0.15) is 13.8 Å². The first-order valence-electron chi connectivity index (χ1n) is 5.94. The van der Waals surface area contributed by atoms with E-state index in [0.29, 0.717) is 5.06 Å². The molecule has 0 aliphatic carbocycles. The second-order valence-electron chi connectivity index (χ2n) is 5.10. The lowest BCUT2D eigenvalue weighted by molar-refractivity contribution is -0.148. The highest BCUT2D eigenvalue weighted by Crippen LogP contribution is 2.27. The number of nitrogens with zero attached hydrogens (tertiary/aromatic N) is 1. The first-order chi connectivity index (χ1) is 9.65. The van der Waals surface area contributed by atoms with Gasteiger partial charge in [0.2, 0.25) is 0 Å². The summed E-state index contributed by atoms with van der Waals surface area (Å²) in [6.07, 6.45) is 0. The number of carbonyl (C=O) groups excluding carboxylic acids is 2. The molecule has 3 amide bonds. The van der Waals surface area contributed by atoms with Crippen molar-refractivity contribution < 1.29 is 22.8 Å². The minimum absolute atomic E-state index is 0.00854. The van der Waals surface area contributed by atoms with E-state index in [2.05, 4.69) is 0 Å². The molecule has 21 heavy (non-hydrogen) atoms. The second-order valence-corrected chi connectivity index (χ2v) is 7.16. The van der Waals surface area contributed by atoms with Crippen molar-refractivity contribution in [2.24, 2.45) is 5.41 Å². The molecule has 1 N–H and O–H groups in total. The number of benzene rings is 1. The van der Waals surface area contributed by atoms with Crippen molar-refractivity contribution in [1.29, 1.82) is 0 Å². The number of hydrogen-bond acceptors (Lipinski definition) is 5. The predicted octanol–water partition coefficient (Wildman–Crippen LogP) is 1.54. The van der Waals surface area contributed by atoms with Crippen LogP contribution < -0.4 is 4.72 Å². The van der Waals surface area contributed by atoms with Crippen molar-refractivity contribution in [3.63, 3.8) is 0 Å². The quantitative estimate of drug-likeness (QED) is 0.886. The molecule has 0 atom stereocenters. The van der Waals surface area contributed by atoms with Crippen LogP contribution in [0.4, 0.5) is 4.79 Å². The van der Waals surface area contributed by atoms with Gasteiger partial charge in [-0.05, 0) is 26.0 Å². The lowest BCUT2D eigenvalue weighted by Gasteiger charge is -2.15. The number of amides is 3. The van der Waals surface area contributed by atoms with Crippen molar-refractivity contribution in [3.05, 3.63) is 29.3 Å². The molecule has 0 aromatic heterocycles. The summed E-state index contributed by atoms with van der Waals surface area (Å²) in [6, 6.07) is 4.46. The Morgan fingerprint density at radius 2 is 2.00 bits per heavy atom. The number of hydroxylamine groups is 2. The van der Waals surface area contributed by atoms with Gasteiger partial charge in [0, 0.05) is 0 Å². The van der Waals surface area contributed by atoms with E-state index in [0.717, 1.165) is 0 Å². The number of halogens is 1. The maximum absolute atomic E-state index is 12.1. The molecular weight excluding hydrogens is 320 g/mol. The van der Waals surface area contributed by atoms with Crippen LogP contribution in [-0.2, 0) is 19.7 Å². The third-order valence-corrected chi connectivity index (χ3v) is 4.67. The molecule has 0 saturated carbocycles. The minimum Gasteiger partial charge on any atom is -0.271 e. The number of sulfonamides is 1. The van der Waals surface area contributed by atoms with E-state index in [9.17, 15) is 18.0 Å². The van der Waals surface area contributed by atoms with Crippen molar-refractivity contribution in [2.75, 3.05) is 6.61 Å². The van der Waals surface area contributed by atoms with Crippen LogP contribution in [0.2, 0.25) is 5.02 Å². The molecule has 0 radical (unpaired) electrons. The van der Waals surface area contributed by atoms with Gasteiger partial charge < -0.3 is 0 Å². The summed E-state index contributed by atoms with van der Waals surface area (Å²) in [7, 11) is -4.19. The number of urea groups is 1. The molecule has 114 valence electrons. The zero-order valence-electron chi connectivity index (χ0n) is 11.3. The highest BCUT2D eigenvalue weighted by atomic mass is 35.5. The maximum atomic E-state index is 12.1. The van der Waals surface area contributed by atoms with Gasteiger partial charge in [0.1, 0.15) is 4.90 Å². The fourth-order valence-corrected chi connectivity index (χ4v) is 3.09. The van der Waals surface area contributed by atoms with Crippen LogP contribution in [0.5, 0.6) is 0 Å². The molecule has 2 rings (SSSR count). The Morgan fingerprint density at radius 3 is 2.52 bits per heavy atom. The highest BCUT2D eigenvalue weighted by molar-refractivity contribution is 7.90. The standard InChI is InChI=1S/C12H13ClN2O5S/c1-12(2)7-20-15(10(12)16)11(17)14-21(18,19)9-6-4-3-5-8(9)13/h3-6H,7H2,1-2H3,(H,14,17). The molecule has 7 nitrogen and oxygen atoms in total. The monoisotopic (exact) mass is 332 g/mol. The molecule has 1 saturated heterocycles. The molecule has 1 heterocycles. The van der Waals surface area contributed by atoms with Crippen LogP contribution in [0.15, 0.2) is 29.2 Å². The van der Waals surface area contributed by atoms with Gasteiger partial charge in [0.05, 0.1) is 17.0 Å². The van der Waals surface area contributed by atoms with Crippen LogP contribution in [0.3, 0.4) is 0 Å². The Balaban J connectivity index is 2.21. The number of hydrogen-bond donors (Lipinski definition) is 1. The molecule has 1 aliphatic heterocycles. The Labute approximate surface area is 126 Å². The number of rotatable bonds is 2. The first-order valence-corrected chi connectivity index (χ1v) is 7.80. The average Bonchev–Trinajstić information content (AvgIpc) is 2.64. The molecule has 0 spiro atoms. The topological polar surface area (TPSA) is 92.8 Å². The van der Waals surface area contributed by atoms with Crippen LogP contribution in [-0.4, -0.2) is 32.0 Å². The fourth-order valence-electron chi connectivity index (χ4n) is 1.65. The Hall–Kier alpha value is -1.64. The maximum Gasteiger partial charge on any atom is 0.362 e. The molecular formula is C12H13ClN2O5S. The van der Waals surface area contributed by atoms with E-state index in [-0.39, 0.29) is 16.5 Å². The summed E-state index contributed by atoms with van der Waals surface area (Å²) in [5, 5.41) is 0.376. The van der Waals surface area contributed by atoms with E-state index in [1.54, 1.807) is 24.6 Å². The van der Waals surface area contributed by atoms with Crippen molar-refractivity contribution in [1.82, 2.24) is 9.79 Å². The van der Waals surface area contributed by atoms with Gasteiger partial charge in [-0.2, -0.15) is 0 Å². The third kappa shape index (κ3) is 3.02. The summed E-state index contributed by atoms with van der Waals surface area (Å²) in [5.41, 5.74) is -0.883. The summed E-state index contributed by atoms with van der Waals surface area (Å²) < 4.78 is 25.9. The summed E-state index contributed by atoms with van der Waals surface area (Å²) in [6.45, 7) is 3.17. The third-order valence-electron chi connectivity index (χ3n) is 2.85. The molecule has 9 heteroatoms. The summed E-state index contributed by atoms with van der Waals surface area (Å²) >= 11 is 5.78. The van der Waals surface area contributed by atoms with Crippen molar-refractivity contribution in [3.8, 4) is 0 Å². The average molecular weight is 333 g/mol. The van der Waals surface area contributed by atoms with Crippen LogP contribution in [0.25, 0.3) is 0 Å². The van der Waals surface area contributed by atoms with Crippen LogP contribution in [0, 0.1) is 5.41 Å². The van der Waals surface area contributed by atoms with E-state index in [4.69, 9.17) is 16.4 Å². The van der Waals surface area contributed by atoms with E-state index in [1.165, 1.54) is 18.2 Å². The zero-order chi connectivity index (χ0) is 15.8. The Kier molecular flexibility index (Phi) is 3.96. The summed E-state index contributed by atoms with van der Waals surface area (Å²) in [5.74, 6) is -0.616. The molecule has 1 fully saturated rings. The second kappa shape index (κ2) is 5.28. The van der Waals surface area contributed by atoms with Gasteiger partial charge in [0.25, 0.3) is 15.9 Å². The van der Waals surface area contributed by atoms with Crippen molar-refractivity contribution in [2.45, 2.75) is 18.7 Å². The first kappa shape index (κ1) is 15.7. The number of carbonyl (C=O) groups is 2. The van der Waals surface area contributed by atoms with Gasteiger partial charge in [-0.15, -0.1) is 5.06 Å². The molecule has 1 aromatic rings. The SMILES string of the molecule is CC1(C)CON(C(=O)NS(=O)(=O)c2ccccc2Cl)C1=O. The minimum atomic E-state index is -4.19. The lowest BCUT2D eigenvalue weighted by atomic mass is 9.95. The Bertz CT molecular complexity index is 701. The van der Waals surface area contributed by atoms with Crippen LogP contribution >= 0.6 is 11.6 Å². The molecule has 0 bridgehead atoms. The molecule has 0 unspecified atom stereocenters.